The van der Waals surface area contributed by atoms with Crippen molar-refractivity contribution < 1.29 is 23.3 Å². The van der Waals surface area contributed by atoms with E-state index >= 15 is 0 Å². The second-order valence-corrected chi connectivity index (χ2v) is 9.54. The number of carbonyl (C=O) groups excluding carboxylic acids is 2. The standard InChI is InChI=1S/C27H29N3O5/c1-16-12-20(18(3)34-16)22-13-21(24-17(2)29-35-25(24)28-22)26(32)33-15-23(31)30(27(4,5)6)14-19-10-8-7-9-11-19/h7-13H,14-15H2,1-6H3. The van der Waals surface area contributed by atoms with Gasteiger partial charge in [-0.1, -0.05) is 35.5 Å². The third-order valence-corrected chi connectivity index (χ3v) is 5.78. The van der Waals surface area contributed by atoms with E-state index in [0.29, 0.717) is 29.1 Å². The number of aromatic nitrogens is 2. The number of aryl methyl sites for hydroxylation is 3. The molecule has 0 aliphatic carbocycles. The molecule has 3 heterocycles. The average Bonchev–Trinajstić information content (AvgIpc) is 3.35. The molecule has 0 saturated heterocycles. The second kappa shape index (κ2) is 9.37. The molecule has 4 aromatic rings. The predicted molar refractivity (Wildman–Crippen MR) is 131 cm³/mol. The molecule has 1 aromatic carbocycles. The molecule has 8 nitrogen and oxygen atoms in total. The van der Waals surface area contributed by atoms with E-state index in [0.717, 1.165) is 16.9 Å². The van der Waals surface area contributed by atoms with Crippen molar-refractivity contribution in [3.63, 3.8) is 0 Å². The molecule has 0 radical (unpaired) electrons. The van der Waals surface area contributed by atoms with Crippen LogP contribution in [0.2, 0.25) is 0 Å². The quantitative estimate of drug-likeness (QED) is 0.345. The zero-order valence-corrected chi connectivity index (χ0v) is 20.8. The van der Waals surface area contributed by atoms with Gasteiger partial charge < -0.3 is 18.6 Å². The predicted octanol–water partition coefficient (Wildman–Crippen LogP) is 5.39. The maximum Gasteiger partial charge on any atom is 0.339 e. The molecule has 1 amide bonds. The zero-order chi connectivity index (χ0) is 25.3. The molecule has 0 atom stereocenters. The Labute approximate surface area is 203 Å². The summed E-state index contributed by atoms with van der Waals surface area (Å²) in [7, 11) is 0. The van der Waals surface area contributed by atoms with E-state index in [1.807, 2.05) is 71.0 Å². The summed E-state index contributed by atoms with van der Waals surface area (Å²) in [6, 6.07) is 13.2. The Morgan fingerprint density at radius 2 is 1.77 bits per heavy atom. The van der Waals surface area contributed by atoms with E-state index in [-0.39, 0.29) is 17.2 Å². The van der Waals surface area contributed by atoms with Crippen molar-refractivity contribution in [2.24, 2.45) is 0 Å². The Kier molecular flexibility index (Phi) is 6.47. The Balaban J connectivity index is 1.60. The first-order valence-corrected chi connectivity index (χ1v) is 11.4. The number of carbonyl (C=O) groups is 2. The zero-order valence-electron chi connectivity index (χ0n) is 20.8. The van der Waals surface area contributed by atoms with E-state index in [9.17, 15) is 9.59 Å². The lowest BCUT2D eigenvalue weighted by Crippen LogP contribution is -2.46. The number of fused-ring (bicyclic) bond motifs is 1. The summed E-state index contributed by atoms with van der Waals surface area (Å²) in [5, 5.41) is 4.42. The van der Waals surface area contributed by atoms with Crippen LogP contribution in [-0.4, -0.2) is 39.1 Å². The molecule has 3 aromatic heterocycles. The SMILES string of the molecule is Cc1cc(-c2cc(C(=O)OCC(=O)N(Cc3ccccc3)C(C)(C)C)c3c(C)noc3n2)c(C)o1. The summed E-state index contributed by atoms with van der Waals surface area (Å²) in [6.07, 6.45) is 0. The molecule has 182 valence electrons. The third-order valence-electron chi connectivity index (χ3n) is 5.78. The summed E-state index contributed by atoms with van der Waals surface area (Å²) < 4.78 is 16.5. The molecule has 0 aliphatic rings. The van der Waals surface area contributed by atoms with Gasteiger partial charge in [0.1, 0.15) is 11.5 Å². The van der Waals surface area contributed by atoms with Crippen LogP contribution in [0.4, 0.5) is 0 Å². The first kappa shape index (κ1) is 24.2. The van der Waals surface area contributed by atoms with Crippen LogP contribution in [-0.2, 0) is 16.1 Å². The van der Waals surface area contributed by atoms with Gasteiger partial charge in [-0.15, -0.1) is 0 Å². The van der Waals surface area contributed by atoms with Gasteiger partial charge in [0, 0.05) is 17.6 Å². The van der Waals surface area contributed by atoms with Crippen molar-refractivity contribution in [1.82, 2.24) is 15.0 Å². The minimum Gasteiger partial charge on any atom is -0.466 e. The number of pyridine rings is 1. The normalized spacial score (nSPS) is 11.6. The van der Waals surface area contributed by atoms with Crippen molar-refractivity contribution in [2.45, 2.75) is 53.6 Å². The fourth-order valence-corrected chi connectivity index (χ4v) is 4.03. The smallest absolute Gasteiger partial charge is 0.339 e. The highest BCUT2D eigenvalue weighted by molar-refractivity contribution is 6.04. The first-order valence-electron chi connectivity index (χ1n) is 11.4. The number of hydrogen-bond donors (Lipinski definition) is 0. The van der Waals surface area contributed by atoms with Crippen molar-refractivity contribution in [3.05, 3.63) is 70.8 Å². The number of nitrogens with zero attached hydrogens (tertiary/aromatic N) is 3. The van der Waals surface area contributed by atoms with Crippen LogP contribution >= 0.6 is 0 Å². The molecule has 0 saturated carbocycles. The van der Waals surface area contributed by atoms with Crippen LogP contribution in [0.25, 0.3) is 22.4 Å². The number of esters is 1. The highest BCUT2D eigenvalue weighted by Gasteiger charge is 2.28. The van der Waals surface area contributed by atoms with Crippen LogP contribution in [0, 0.1) is 20.8 Å². The van der Waals surface area contributed by atoms with Gasteiger partial charge in [0.25, 0.3) is 11.6 Å². The summed E-state index contributed by atoms with van der Waals surface area (Å²) in [6.45, 7) is 11.3. The van der Waals surface area contributed by atoms with E-state index in [4.69, 9.17) is 13.7 Å². The van der Waals surface area contributed by atoms with E-state index < -0.39 is 18.1 Å². The third kappa shape index (κ3) is 5.11. The molecule has 0 spiro atoms. The summed E-state index contributed by atoms with van der Waals surface area (Å²) in [4.78, 5) is 32.6. The van der Waals surface area contributed by atoms with Crippen LogP contribution in [0.3, 0.4) is 0 Å². The van der Waals surface area contributed by atoms with E-state index in [1.54, 1.807) is 17.9 Å². The summed E-state index contributed by atoms with van der Waals surface area (Å²) >= 11 is 0. The minimum absolute atomic E-state index is 0.219. The van der Waals surface area contributed by atoms with E-state index in [1.165, 1.54) is 0 Å². The number of ether oxygens (including phenoxy) is 1. The Hall–Kier alpha value is -3.94. The van der Waals surface area contributed by atoms with Gasteiger partial charge in [-0.3, -0.25) is 4.79 Å². The maximum atomic E-state index is 13.2. The molecule has 8 heteroatoms. The lowest BCUT2D eigenvalue weighted by Gasteiger charge is -2.35. The Bertz CT molecular complexity index is 1380. The lowest BCUT2D eigenvalue weighted by atomic mass is 10.0. The minimum atomic E-state index is -0.648. The Morgan fingerprint density at radius 1 is 1.06 bits per heavy atom. The Morgan fingerprint density at radius 3 is 2.40 bits per heavy atom. The van der Waals surface area contributed by atoms with Crippen molar-refractivity contribution in [3.8, 4) is 11.3 Å². The number of benzene rings is 1. The molecule has 4 rings (SSSR count). The molecule has 35 heavy (non-hydrogen) atoms. The number of rotatable bonds is 6. The summed E-state index contributed by atoms with van der Waals surface area (Å²) in [5.74, 6) is 0.457. The molecule has 0 N–H and O–H groups in total. The average molecular weight is 476 g/mol. The van der Waals surface area contributed by atoms with Crippen LogP contribution in [0.5, 0.6) is 0 Å². The number of amides is 1. The van der Waals surface area contributed by atoms with Crippen molar-refractivity contribution in [1.29, 1.82) is 0 Å². The number of hydrogen-bond acceptors (Lipinski definition) is 7. The van der Waals surface area contributed by atoms with Gasteiger partial charge in [0.15, 0.2) is 6.61 Å². The van der Waals surface area contributed by atoms with Gasteiger partial charge in [-0.05, 0) is 59.2 Å². The first-order chi connectivity index (χ1) is 16.5. The number of furan rings is 1. The van der Waals surface area contributed by atoms with Crippen LogP contribution < -0.4 is 0 Å². The lowest BCUT2D eigenvalue weighted by molar-refractivity contribution is -0.140. The fourth-order valence-electron chi connectivity index (χ4n) is 4.03. The van der Waals surface area contributed by atoms with E-state index in [2.05, 4.69) is 10.1 Å². The van der Waals surface area contributed by atoms with Gasteiger partial charge in [0.05, 0.1) is 22.3 Å². The van der Waals surface area contributed by atoms with Crippen LogP contribution in [0.15, 0.2) is 51.4 Å². The molecular weight excluding hydrogens is 446 g/mol. The van der Waals surface area contributed by atoms with Gasteiger partial charge in [0.2, 0.25) is 0 Å². The highest BCUT2D eigenvalue weighted by atomic mass is 16.5. The van der Waals surface area contributed by atoms with Crippen molar-refractivity contribution >= 4 is 23.0 Å². The second-order valence-electron chi connectivity index (χ2n) is 9.54. The van der Waals surface area contributed by atoms with Gasteiger partial charge in [-0.2, -0.15) is 0 Å². The molecule has 0 unspecified atom stereocenters. The maximum absolute atomic E-state index is 13.2. The van der Waals surface area contributed by atoms with Crippen LogP contribution in [0.1, 0.15) is 53.9 Å². The van der Waals surface area contributed by atoms with Gasteiger partial charge >= 0.3 is 5.97 Å². The highest BCUT2D eigenvalue weighted by Crippen LogP contribution is 2.31. The molecular formula is C27H29N3O5. The fraction of sp³-hybridized carbons (Fsp3) is 0.333. The van der Waals surface area contributed by atoms with Crippen molar-refractivity contribution in [2.75, 3.05) is 6.61 Å². The summed E-state index contributed by atoms with van der Waals surface area (Å²) in [5.41, 5.74) is 2.74. The molecule has 0 aliphatic heterocycles. The largest absolute Gasteiger partial charge is 0.466 e. The topological polar surface area (TPSA) is 98.7 Å². The molecule has 0 fully saturated rings. The molecule has 0 bridgehead atoms. The monoisotopic (exact) mass is 475 g/mol. The van der Waals surface area contributed by atoms with Gasteiger partial charge in [-0.25, -0.2) is 9.78 Å².